The van der Waals surface area contributed by atoms with Crippen LogP contribution in [0.25, 0.3) is 0 Å². The summed E-state index contributed by atoms with van der Waals surface area (Å²) >= 11 is 15.3. The summed E-state index contributed by atoms with van der Waals surface area (Å²) in [6.07, 6.45) is 17.5. The number of terminal acetylenes is 2. The second-order valence-electron chi connectivity index (χ2n) is 42.2. The van der Waals surface area contributed by atoms with Crippen LogP contribution in [0.15, 0.2) is 114 Å². The van der Waals surface area contributed by atoms with Gasteiger partial charge in [-0.05, 0) is 307 Å². The number of rotatable bonds is 10. The van der Waals surface area contributed by atoms with Crippen molar-refractivity contribution in [1.29, 1.82) is 0 Å². The van der Waals surface area contributed by atoms with Crippen LogP contribution in [-0.4, -0.2) is 130 Å². The van der Waals surface area contributed by atoms with E-state index in [4.69, 9.17) is 104 Å². The molecular formula is C108H143BrCl2IO20Si-. The molecular weight excluding hydrogens is 1920 g/mol. The third-order valence-corrected chi connectivity index (χ3v) is 24.7. The molecule has 0 bridgehead atoms. The summed E-state index contributed by atoms with van der Waals surface area (Å²) in [5, 5.41) is 28.4. The van der Waals surface area contributed by atoms with E-state index in [-0.39, 0.29) is 100 Å². The van der Waals surface area contributed by atoms with Crippen LogP contribution in [0.1, 0.15) is 340 Å². The Balaban J connectivity index is 0.000000331. The number of carbonyl (C=O) groups is 5. The number of hydrogen-bond donors (Lipinski definition) is 4. The standard InChI is InChI=1S/C24H26O3.C21H30O3Si.C16H21IO3.C16H18O3.C16H22O3.C13H17BrO.CH2Cl2.CH4O.H2O2.H2O/c1-7-16-9-11-19(12-10-16)26-22(25)18-13-17(8-2)21-20(14-18)23(3,4)15-24(5,6)27-21;1-9-23-19(22)16-12-15(10-11-25(6,7)8)18-17(13-16)20(2,3)14-21(4,5)24-18;1-6-19-14(18)10-7-11-13(12(17)8-10)20-16(4,5)9-15(11,2)3;1-6-10-7-11(14(17)18)8-12-13(10)19-16(4,5)9-15(12,2)3;1-6-18-14(17)11-7-8-13-12(9-11)15(2,3)10-16(4,5)19-13;1-12(2)8-13(3,4)15-11-6-5-9(14)7-10(11)12;2-1-3;2*1-2;/h2,9-14H,7,15H2,1,3-6H3;12-13H,9,14H2,1-8H3;7-8H,6,9H2,1-5H3;1,7-8H,9H2,2-5H3,(H,17,18);7-9H,6,10H2,1-5H3;5-7H,8H2,1-4H3;1H2;2H,1H3;1-2H;1H2/p-1. The zero-order valence-corrected chi connectivity index (χ0v) is 90.5. The van der Waals surface area contributed by atoms with Crippen LogP contribution < -0.4 is 33.2 Å². The molecule has 0 aromatic heterocycles. The van der Waals surface area contributed by atoms with Crippen LogP contribution in [0.2, 0.25) is 19.6 Å². The molecule has 7 aromatic rings. The van der Waals surface area contributed by atoms with Crippen molar-refractivity contribution in [2.45, 2.75) is 325 Å². The molecule has 6 aliphatic rings. The van der Waals surface area contributed by atoms with Gasteiger partial charge in [-0.25, -0.2) is 24.0 Å². The van der Waals surface area contributed by atoms with Crippen LogP contribution in [0.4, 0.5) is 0 Å². The molecule has 6 heterocycles. The zero-order valence-electron chi connectivity index (χ0n) is 84.2. The van der Waals surface area contributed by atoms with Crippen molar-refractivity contribution in [3.05, 3.63) is 201 Å². The van der Waals surface area contributed by atoms with E-state index in [9.17, 15) is 24.0 Å². The van der Waals surface area contributed by atoms with Crippen molar-refractivity contribution in [2.75, 3.05) is 32.3 Å². The Hall–Kier alpha value is -8.78. The van der Waals surface area contributed by atoms with E-state index in [1.165, 1.54) is 17.2 Å². The average molecular weight is 2070 g/mol. The monoisotopic (exact) mass is 2060 g/mol. The number of ether oxygens (including phenoxy) is 10. The minimum Gasteiger partial charge on any atom is -0.870 e. The van der Waals surface area contributed by atoms with Crippen molar-refractivity contribution in [1.82, 2.24) is 0 Å². The molecule has 5 N–H and O–H groups in total. The van der Waals surface area contributed by atoms with Gasteiger partial charge >= 0.3 is 29.8 Å². The lowest BCUT2D eigenvalue weighted by Gasteiger charge is -2.43. The lowest BCUT2D eigenvalue weighted by atomic mass is 9.72. The molecule has 0 aliphatic carbocycles. The van der Waals surface area contributed by atoms with Gasteiger partial charge < -0.3 is 63.1 Å². The second kappa shape index (κ2) is 46.4. The van der Waals surface area contributed by atoms with Crippen molar-refractivity contribution in [2.24, 2.45) is 0 Å². The van der Waals surface area contributed by atoms with Crippen LogP contribution in [0.5, 0.6) is 40.2 Å². The number of hydrogen-bond acceptors (Lipinski definition) is 19. The Morgan fingerprint density at radius 3 is 1.07 bits per heavy atom. The van der Waals surface area contributed by atoms with Gasteiger partial charge in [0.1, 0.15) is 81.9 Å². The van der Waals surface area contributed by atoms with E-state index in [0.717, 1.165) is 116 Å². The molecule has 6 aliphatic heterocycles. The van der Waals surface area contributed by atoms with Crippen LogP contribution in [0, 0.1) is 39.7 Å². The van der Waals surface area contributed by atoms with E-state index < -0.39 is 20.0 Å². The normalized spacial score (nSPS) is 17.6. The average Bonchev–Trinajstić information content (AvgIpc) is 0.638. The number of aromatic carboxylic acids is 1. The molecule has 0 saturated carbocycles. The highest BCUT2D eigenvalue weighted by molar-refractivity contribution is 14.1. The lowest BCUT2D eigenvalue weighted by molar-refractivity contribution is -0.176. The molecule has 25 heteroatoms. The first-order chi connectivity index (χ1) is 60.8. The van der Waals surface area contributed by atoms with Gasteiger partial charge in [-0.2, -0.15) is 0 Å². The molecule has 0 spiro atoms. The summed E-state index contributed by atoms with van der Waals surface area (Å²) in [7, 11) is -0.549. The number of esters is 4. The number of alkyl halides is 2. The predicted molar refractivity (Wildman–Crippen MR) is 547 cm³/mol. The first-order valence-corrected chi connectivity index (χ1v) is 51.0. The number of halogens is 4. The Labute approximate surface area is 825 Å². The topological polar surface area (TPSA) is 289 Å². The fourth-order valence-corrected chi connectivity index (χ4v) is 20.4. The smallest absolute Gasteiger partial charge is 0.343 e. The molecule has 0 saturated heterocycles. The molecule has 133 heavy (non-hydrogen) atoms. The summed E-state index contributed by atoms with van der Waals surface area (Å²) in [6, 6.07) is 33.6. The van der Waals surface area contributed by atoms with Gasteiger partial charge in [-0.15, -0.1) is 41.6 Å². The lowest BCUT2D eigenvalue weighted by Crippen LogP contribution is -2.41. The van der Waals surface area contributed by atoms with Crippen molar-refractivity contribution >= 4 is 99.6 Å². The number of fused-ring (bicyclic) bond motifs is 6. The molecule has 0 fully saturated rings. The van der Waals surface area contributed by atoms with Gasteiger partial charge in [0.15, 0.2) is 0 Å². The highest BCUT2D eigenvalue weighted by Gasteiger charge is 2.47. The highest BCUT2D eigenvalue weighted by atomic mass is 127. The second-order valence-corrected chi connectivity index (χ2v) is 49.8. The van der Waals surface area contributed by atoms with Gasteiger partial charge in [-0.3, -0.25) is 10.5 Å². The third kappa shape index (κ3) is 31.9. The van der Waals surface area contributed by atoms with Gasteiger partial charge in [0.25, 0.3) is 0 Å². The van der Waals surface area contributed by atoms with E-state index in [1.807, 2.05) is 107 Å². The molecule has 7 aromatic carbocycles. The summed E-state index contributed by atoms with van der Waals surface area (Å²) in [5.41, 5.74) is 13.6. The Kier molecular flexibility index (Phi) is 40.6. The van der Waals surface area contributed by atoms with Gasteiger partial charge in [0.05, 0.1) is 73.2 Å². The van der Waals surface area contributed by atoms with E-state index in [0.29, 0.717) is 70.4 Å². The third-order valence-electron chi connectivity index (χ3n) is 22.5. The van der Waals surface area contributed by atoms with Gasteiger partial charge in [-0.1, -0.05) is 155 Å². The number of aliphatic hydroxyl groups is 1. The maximum absolute atomic E-state index is 12.7. The summed E-state index contributed by atoms with van der Waals surface area (Å²) in [5.74, 6) is 11.8. The zero-order chi connectivity index (χ0) is 101. The number of benzene rings is 7. The fraction of sp³-hybridized carbons (Fsp3) is 0.509. The Morgan fingerprint density at radius 1 is 0.414 bits per heavy atom. The van der Waals surface area contributed by atoms with Crippen LogP contribution >= 0.6 is 61.7 Å². The molecule has 0 amide bonds. The Morgan fingerprint density at radius 2 is 0.707 bits per heavy atom. The van der Waals surface area contributed by atoms with E-state index >= 15 is 0 Å². The predicted octanol–water partition coefficient (Wildman–Crippen LogP) is 26.6. The molecule has 0 atom stereocenters. The maximum atomic E-state index is 12.7. The number of aliphatic hydroxyl groups excluding tert-OH is 1. The number of carboxylic acid groups (broad SMARTS) is 1. The molecule has 728 valence electrons. The van der Waals surface area contributed by atoms with Gasteiger partial charge in [0, 0.05) is 45.0 Å². The Bertz CT molecular complexity index is 5430. The van der Waals surface area contributed by atoms with E-state index in [1.54, 1.807) is 18.2 Å². The largest absolute Gasteiger partial charge is 0.870 e. The summed E-state index contributed by atoms with van der Waals surface area (Å²) in [4.78, 5) is 60.0. The van der Waals surface area contributed by atoms with Crippen molar-refractivity contribution in [3.63, 3.8) is 0 Å². The molecule has 20 nitrogen and oxygen atoms in total. The number of carbonyl (C=O) groups excluding carboxylic acids is 4. The fourth-order valence-electron chi connectivity index (χ4n) is 18.8. The first-order valence-electron chi connectivity index (χ1n) is 44.6. The molecule has 0 radical (unpaired) electrons. The van der Waals surface area contributed by atoms with Crippen LogP contribution in [-0.2, 0) is 53.1 Å². The minimum atomic E-state index is -1.55. The quantitative estimate of drug-likeness (QED) is 0.0114. The number of carboxylic acids is 1. The molecule has 13 rings (SSSR count). The minimum absolute atomic E-state index is 0. The SMILES string of the molecule is C#Cc1cc(C(=O)O)cc2c1OC(C)(C)CC2(C)C.C#Cc1cc(C(=O)Oc2ccc(CC)cc2)cc2c1OC(C)(C)CC2(C)C.CC1(C)CC(C)(C)c2cc(Br)ccc2O1.CCOC(=O)c1cc(C#C[Si](C)(C)C)c2c(c1)C(C)(C)CC(C)(C)O2.CCOC(=O)c1cc(I)c2c(c1)C(C)(C)CC(C)(C)O2.CCOC(=O)c1ccc2c(c1)C(C)(C)CC(C)(C)O2.CO.ClCCl.OO.[OH-]. The summed E-state index contributed by atoms with van der Waals surface area (Å²) in [6.45, 7) is 66.5. The van der Waals surface area contributed by atoms with E-state index in [2.05, 4.69) is 253 Å². The highest BCUT2D eigenvalue weighted by Crippen LogP contribution is 2.53. The molecule has 0 unspecified atom stereocenters. The number of aryl methyl sites for hydroxylation is 1. The first kappa shape index (κ1) is 117. The van der Waals surface area contributed by atoms with Crippen molar-refractivity contribution in [3.8, 4) is 76.4 Å². The van der Waals surface area contributed by atoms with Crippen molar-refractivity contribution < 1.29 is 97.5 Å². The maximum Gasteiger partial charge on any atom is 0.343 e. The van der Waals surface area contributed by atoms with Gasteiger partial charge in [0.2, 0.25) is 0 Å². The van der Waals surface area contributed by atoms with Crippen LogP contribution in [0.3, 0.4) is 0 Å². The summed E-state index contributed by atoms with van der Waals surface area (Å²) < 4.78 is 59.5.